The molecule has 2 heterocycles. The summed E-state index contributed by atoms with van der Waals surface area (Å²) in [5.41, 5.74) is 18.5. The second-order valence-corrected chi connectivity index (χ2v) is 15.8. The summed E-state index contributed by atoms with van der Waals surface area (Å²) in [7, 11) is -3.54. The van der Waals surface area contributed by atoms with Gasteiger partial charge in [-0.3, -0.25) is 14.2 Å². The number of thiophene rings is 2. The number of rotatable bonds is 12. The average molecular weight is 737 g/mol. The maximum Gasteiger partial charge on any atom is 0.328 e. The Labute approximate surface area is 304 Å². The summed E-state index contributed by atoms with van der Waals surface area (Å²) in [5, 5.41) is 9.79. The smallest absolute Gasteiger partial charge is 0.328 e. The summed E-state index contributed by atoms with van der Waals surface area (Å²) < 4.78 is 25.2. The van der Waals surface area contributed by atoms with Crippen LogP contribution < -0.4 is 22.1 Å². The minimum atomic E-state index is -3.54. The van der Waals surface area contributed by atoms with Gasteiger partial charge in [0.2, 0.25) is 0 Å². The number of benzene rings is 4. The molecule has 2 amide bonds. The van der Waals surface area contributed by atoms with Crippen molar-refractivity contribution in [1.82, 2.24) is 0 Å². The molecular weight excluding hydrogens is 700 g/mol. The molecule has 51 heavy (non-hydrogen) atoms. The topological polar surface area (TPSA) is 146 Å². The standard InChI is InChI=1S/C39H37N4O5PS2/c1-24(26-8-12-28(13-9-26)38(44)42-34-22-30(16-18-32(34)40)36-6-4-20-50-36)47-49(3,46)48-25(2)27-10-14-29(15-11-27)39(45)43-35-23-31(17-19-33(35)41)37-7-5-21-51-37/h4-25H,40-41H2,1-3H3,(H,42,44)(H,43,45). The molecule has 12 heteroatoms. The van der Waals surface area contributed by atoms with Crippen LogP contribution in [0.15, 0.2) is 120 Å². The lowest BCUT2D eigenvalue weighted by Gasteiger charge is -2.23. The van der Waals surface area contributed by atoms with E-state index < -0.39 is 19.8 Å². The molecule has 6 aromatic rings. The zero-order valence-corrected chi connectivity index (χ0v) is 30.7. The van der Waals surface area contributed by atoms with E-state index >= 15 is 0 Å². The lowest BCUT2D eigenvalue weighted by molar-refractivity contribution is 0.101. The van der Waals surface area contributed by atoms with Crippen LogP contribution in [-0.4, -0.2) is 18.5 Å². The molecule has 0 saturated heterocycles. The highest BCUT2D eigenvalue weighted by Crippen LogP contribution is 2.52. The van der Waals surface area contributed by atoms with Gasteiger partial charge in [-0.2, -0.15) is 0 Å². The van der Waals surface area contributed by atoms with Gasteiger partial charge in [0.15, 0.2) is 0 Å². The summed E-state index contributed by atoms with van der Waals surface area (Å²) in [6.07, 6.45) is -1.17. The fourth-order valence-electron chi connectivity index (χ4n) is 5.44. The molecule has 6 rings (SSSR count). The van der Waals surface area contributed by atoms with Crippen LogP contribution in [0, 0.1) is 0 Å². The quantitative estimate of drug-likeness (QED) is 0.0722. The third-order valence-corrected chi connectivity index (χ3v) is 11.4. The highest BCUT2D eigenvalue weighted by atomic mass is 32.1. The fourth-order valence-corrected chi connectivity index (χ4v) is 8.33. The number of amides is 2. The first-order valence-electron chi connectivity index (χ1n) is 16.1. The van der Waals surface area contributed by atoms with Crippen LogP contribution in [0.1, 0.15) is 57.9 Å². The molecule has 2 aromatic heterocycles. The summed E-state index contributed by atoms with van der Waals surface area (Å²) in [6.45, 7) is 4.96. The molecule has 0 bridgehead atoms. The molecule has 0 aliphatic carbocycles. The lowest BCUT2D eigenvalue weighted by Crippen LogP contribution is -2.13. The molecule has 0 saturated carbocycles. The maximum atomic E-state index is 13.4. The summed E-state index contributed by atoms with van der Waals surface area (Å²) in [4.78, 5) is 28.3. The van der Waals surface area contributed by atoms with Gasteiger partial charge in [0, 0.05) is 27.5 Å². The maximum absolute atomic E-state index is 13.4. The number of anilines is 4. The zero-order chi connectivity index (χ0) is 36.1. The van der Waals surface area contributed by atoms with Crippen LogP contribution in [-0.2, 0) is 13.6 Å². The van der Waals surface area contributed by atoms with Gasteiger partial charge in [0.25, 0.3) is 11.8 Å². The second-order valence-electron chi connectivity index (χ2n) is 12.0. The predicted octanol–water partition coefficient (Wildman–Crippen LogP) is 10.5. The van der Waals surface area contributed by atoms with Crippen molar-refractivity contribution in [3.63, 3.8) is 0 Å². The normalized spacial score (nSPS) is 13.5. The molecule has 4 aromatic carbocycles. The predicted molar refractivity (Wildman–Crippen MR) is 210 cm³/mol. The van der Waals surface area contributed by atoms with Crippen LogP contribution in [0.25, 0.3) is 20.9 Å². The van der Waals surface area contributed by atoms with Crippen LogP contribution in [0.3, 0.4) is 0 Å². The Balaban J connectivity index is 1.03. The molecule has 2 unspecified atom stereocenters. The molecular formula is C39H37N4O5PS2. The van der Waals surface area contributed by atoms with Gasteiger partial charge < -0.3 is 31.1 Å². The van der Waals surface area contributed by atoms with Crippen molar-refractivity contribution >= 4 is 64.8 Å². The van der Waals surface area contributed by atoms with E-state index in [0.29, 0.717) is 33.9 Å². The fraction of sp³-hybridized carbons (Fsp3) is 0.128. The van der Waals surface area contributed by atoms with Gasteiger partial charge in [-0.1, -0.05) is 48.5 Å². The number of hydrogen-bond donors (Lipinski definition) is 4. The molecule has 9 nitrogen and oxygen atoms in total. The molecule has 0 aliphatic rings. The van der Waals surface area contributed by atoms with E-state index in [0.717, 1.165) is 32.0 Å². The zero-order valence-electron chi connectivity index (χ0n) is 28.2. The van der Waals surface area contributed by atoms with E-state index in [1.54, 1.807) is 97.2 Å². The molecule has 260 valence electrons. The number of hydrogen-bond acceptors (Lipinski definition) is 9. The Bertz CT molecular complexity index is 2040. The summed E-state index contributed by atoms with van der Waals surface area (Å²) in [6, 6.07) is 32.8. The van der Waals surface area contributed by atoms with Gasteiger partial charge in [-0.25, -0.2) is 0 Å². The summed E-state index contributed by atoms with van der Waals surface area (Å²) >= 11 is 3.21. The van der Waals surface area contributed by atoms with Gasteiger partial charge >= 0.3 is 7.60 Å². The highest BCUT2D eigenvalue weighted by Gasteiger charge is 2.26. The van der Waals surface area contributed by atoms with Gasteiger partial charge in [-0.15, -0.1) is 22.7 Å². The largest absolute Gasteiger partial charge is 0.397 e. The lowest BCUT2D eigenvalue weighted by atomic mass is 10.1. The van der Waals surface area contributed by atoms with E-state index in [2.05, 4.69) is 10.6 Å². The number of carbonyl (C=O) groups is 2. The van der Waals surface area contributed by atoms with Crippen LogP contribution in [0.2, 0.25) is 0 Å². The minimum Gasteiger partial charge on any atom is -0.397 e. The number of carbonyl (C=O) groups excluding carboxylic acids is 2. The van der Waals surface area contributed by atoms with Crippen LogP contribution in [0.4, 0.5) is 22.7 Å². The van der Waals surface area contributed by atoms with Crippen molar-refractivity contribution in [3.8, 4) is 20.9 Å². The van der Waals surface area contributed by atoms with Gasteiger partial charge in [-0.05, 0) is 108 Å². The van der Waals surface area contributed by atoms with Gasteiger partial charge in [0.1, 0.15) is 0 Å². The Kier molecular flexibility index (Phi) is 10.9. The number of nitrogens with one attached hydrogen (secondary N) is 2. The van der Waals surface area contributed by atoms with E-state index in [1.165, 1.54) is 6.66 Å². The molecule has 6 N–H and O–H groups in total. The third-order valence-electron chi connectivity index (χ3n) is 8.20. The first-order valence-corrected chi connectivity index (χ1v) is 19.8. The number of nitrogen functional groups attached to an aromatic ring is 2. The first-order chi connectivity index (χ1) is 24.5. The van der Waals surface area contributed by atoms with Crippen molar-refractivity contribution in [2.75, 3.05) is 28.8 Å². The Morgan fingerprint density at radius 3 is 1.37 bits per heavy atom. The van der Waals surface area contributed by atoms with Gasteiger partial charge in [0.05, 0.1) is 35.0 Å². The average Bonchev–Trinajstić information content (AvgIpc) is 3.86. The Morgan fingerprint density at radius 1 is 0.627 bits per heavy atom. The molecule has 0 fully saturated rings. The first kappa shape index (κ1) is 35.8. The van der Waals surface area contributed by atoms with Crippen molar-refractivity contribution in [2.24, 2.45) is 0 Å². The van der Waals surface area contributed by atoms with Crippen LogP contribution >= 0.6 is 30.3 Å². The minimum absolute atomic E-state index is 0.306. The molecule has 0 radical (unpaired) electrons. The van der Waals surface area contributed by atoms with Crippen LogP contribution in [0.5, 0.6) is 0 Å². The molecule has 2 atom stereocenters. The molecule has 0 spiro atoms. The highest BCUT2D eigenvalue weighted by molar-refractivity contribution is 7.53. The monoisotopic (exact) mass is 736 g/mol. The van der Waals surface area contributed by atoms with E-state index in [1.807, 2.05) is 59.3 Å². The number of nitrogens with two attached hydrogens (primary N) is 2. The van der Waals surface area contributed by atoms with Crippen molar-refractivity contribution in [3.05, 3.63) is 142 Å². The summed E-state index contributed by atoms with van der Waals surface area (Å²) in [5.74, 6) is -0.612. The van der Waals surface area contributed by atoms with Crippen molar-refractivity contribution < 1.29 is 23.2 Å². The van der Waals surface area contributed by atoms with E-state index in [-0.39, 0.29) is 11.8 Å². The van der Waals surface area contributed by atoms with Crippen molar-refractivity contribution in [1.29, 1.82) is 0 Å². The second kappa shape index (κ2) is 15.5. The van der Waals surface area contributed by atoms with Crippen molar-refractivity contribution in [2.45, 2.75) is 26.1 Å². The third kappa shape index (κ3) is 8.83. The van der Waals surface area contributed by atoms with E-state index in [9.17, 15) is 14.2 Å². The Hall–Kier alpha value is -5.03. The molecule has 0 aliphatic heterocycles. The SMILES string of the molecule is CC(OP(C)(=O)OC(C)c1ccc(C(=O)Nc2cc(-c3cccs3)ccc2N)cc1)c1ccc(C(=O)Nc2cc(-c3cccs3)ccc2N)cc1. The van der Waals surface area contributed by atoms with E-state index in [4.69, 9.17) is 20.5 Å². The Morgan fingerprint density at radius 2 is 1.02 bits per heavy atom.